The van der Waals surface area contributed by atoms with Gasteiger partial charge in [-0.2, -0.15) is 0 Å². The van der Waals surface area contributed by atoms with Crippen molar-refractivity contribution in [2.24, 2.45) is 0 Å². The molecule has 4 nitrogen and oxygen atoms in total. The number of likely N-dealkylation sites (N-methyl/N-ethyl adjacent to an activating group) is 1. The Morgan fingerprint density at radius 2 is 1.69 bits per heavy atom. The van der Waals surface area contributed by atoms with Gasteiger partial charge >= 0.3 is 0 Å². The molecule has 3 rings (SSSR count). The number of aromatic nitrogens is 2. The molecule has 2 heterocycles. The predicted octanol–water partition coefficient (Wildman–Crippen LogP) is 22.0. The van der Waals surface area contributed by atoms with E-state index in [1.54, 1.807) is 0 Å². The minimum atomic E-state index is -0.749. The molecule has 4 heteroatoms. The first-order valence-corrected chi connectivity index (χ1v) is 11.7. The lowest BCUT2D eigenvalue weighted by Gasteiger charge is -2.32. The molecule has 298 valence electrons. The summed E-state index contributed by atoms with van der Waals surface area (Å²) >= 11 is 0. The van der Waals surface area contributed by atoms with Crippen molar-refractivity contribution in [2.45, 2.75) is 86.6 Å². The maximum absolute atomic E-state index is 13.7. The molecule has 1 amide bonds. The first-order valence-electron chi connectivity index (χ1n) is 11.7. The molecule has 0 bridgehead atoms. The van der Waals surface area contributed by atoms with Crippen molar-refractivity contribution in [3.8, 4) is 11.3 Å². The van der Waals surface area contributed by atoms with Crippen molar-refractivity contribution < 1.29 is 94.7 Å². The van der Waals surface area contributed by atoms with Crippen LogP contribution in [0, 0.1) is 27.7 Å². The van der Waals surface area contributed by atoms with Crippen LogP contribution in [0.1, 0.15) is 171 Å². The van der Waals surface area contributed by atoms with E-state index in [1.807, 2.05) is 25.8 Å². The normalized spacial score (nSPS) is 12.3. The number of hydrogen-bond donors (Lipinski definition) is 0. The van der Waals surface area contributed by atoms with Gasteiger partial charge < -0.3 is 9.30 Å². The van der Waals surface area contributed by atoms with Crippen molar-refractivity contribution >= 4 is 11.6 Å². The molecule has 1 aromatic carbocycles. The fourth-order valence-electron chi connectivity index (χ4n) is 4.67. The van der Waals surface area contributed by atoms with E-state index in [2.05, 4.69) is 84.2 Å². The topological polar surface area (TPSA) is 37.6 Å². The first kappa shape index (κ1) is 24.0. The van der Waals surface area contributed by atoms with Crippen LogP contribution < -0.4 is 0 Å². The lowest BCUT2D eigenvalue weighted by Crippen LogP contribution is -2.45. The molecule has 0 spiro atoms. The zero-order valence-electron chi connectivity index (χ0n) is 21.7. The Hall–Kier alpha value is -2.62. The fraction of sp³-hybridized carbons (Fsp3) is 0.500. The Kier molecular flexibility index (Phi) is 6.29. The van der Waals surface area contributed by atoms with Gasteiger partial charge in [-0.05, 0) is 83.6 Å². The summed E-state index contributed by atoms with van der Waals surface area (Å²) in [4.78, 5) is 20.7. The molecule has 0 aliphatic rings. The summed E-state index contributed by atoms with van der Waals surface area (Å²) < 4.78 is 2.19. The molecule has 0 saturated heterocycles. The maximum atomic E-state index is 13.7. The monoisotopic (exact) mass is 560 g/mol. The molecule has 0 aliphatic heterocycles. The average molecular weight is 561 g/mol. The Morgan fingerprint density at radius 1 is 1.06 bits per heavy atom. The van der Waals surface area contributed by atoms with E-state index in [9.17, 15) is 4.79 Å². The van der Waals surface area contributed by atoms with Gasteiger partial charge in [-0.3, -0.25) is 4.79 Å². The molecule has 0 atom stereocenters. The highest BCUT2D eigenvalue weighted by Crippen LogP contribution is 2.39. The van der Waals surface area contributed by atoms with Crippen molar-refractivity contribution in [3.63, 3.8) is 0 Å². The van der Waals surface area contributed by atoms with E-state index in [4.69, 9.17) is 4.98 Å². The van der Waals surface area contributed by atoms with Crippen LogP contribution in [0.5, 0.6) is 0 Å². The number of aryl methyl sites for hydroxylation is 3. The highest BCUT2D eigenvalue weighted by Gasteiger charge is 2.39. The Morgan fingerprint density at radius 3 is 2.22 bits per heavy atom. The Bertz CT molecular complexity index is 1270. The molecular weight excluding hydrogens is 394 g/mol. The average Bonchev–Trinajstić information content (AvgIpc) is 3.09. The van der Waals surface area contributed by atoms with Crippen molar-refractivity contribution in [1.82, 2.24) is 14.3 Å². The lowest BCUT2D eigenvalue weighted by molar-refractivity contribution is -0.136. The molecule has 0 unspecified atom stereocenters. The predicted molar refractivity (Wildman–Crippen MR) is 268 cm³/mol. The van der Waals surface area contributed by atoms with Crippen LogP contribution in [-0.4, -0.2) is 33.3 Å². The van der Waals surface area contributed by atoms with E-state index < -0.39 is 5.41 Å². The zero-order valence-corrected chi connectivity index (χ0v) is 21.7. The number of carbonyl (C=O) groups excluding carboxylic acids is 1. The molecular formula is C28H165N3O. The number of imidazole rings is 1. The van der Waals surface area contributed by atoms with Crippen LogP contribution in [0.2, 0.25) is 0 Å². The van der Waals surface area contributed by atoms with Crippen molar-refractivity contribution in [1.29, 1.82) is 0 Å². The second kappa shape index (κ2) is 8.38. The van der Waals surface area contributed by atoms with Crippen LogP contribution >= 0.6 is 0 Å². The molecule has 32 heavy (non-hydrogen) atoms. The third-order valence-electron chi connectivity index (χ3n) is 6.99. The molecule has 0 N–H and O–H groups in total. The number of pyridine rings is 1. The van der Waals surface area contributed by atoms with E-state index >= 15 is 0 Å². The largest absolute Gasteiger partial charge is 0.343 e. The highest BCUT2D eigenvalue weighted by molar-refractivity contribution is 5.90. The second-order valence-corrected chi connectivity index (χ2v) is 10.4. The quantitative estimate of drug-likeness (QED) is 0.311. The number of hydrogen-bond acceptors (Lipinski definition) is 2. The van der Waals surface area contributed by atoms with Crippen molar-refractivity contribution in [3.05, 3.63) is 57.9 Å². The summed E-state index contributed by atoms with van der Waals surface area (Å²) in [6.07, 6.45) is 2.21. The van der Waals surface area contributed by atoms with Crippen LogP contribution in [0.4, 0.5) is 0 Å². The van der Waals surface area contributed by atoms with Crippen LogP contribution in [-0.2, 0) is 10.2 Å². The van der Waals surface area contributed by atoms with Gasteiger partial charge in [0.1, 0.15) is 5.65 Å². The number of nitrogens with zero attached hydrogens (tertiary/aromatic N) is 3. The standard InChI is InChI=1S/C28H39N3O.63H2/c1-16(2)23-15-31-25(28(9,10)27(32)30(11)17(3)4)24(29-26(31)21(8)20(23)7)22-13-12-18(5)14-19(22)6;;;;;;;;;;;;;;;;;;;;;;;;;;;;;;;;;;;;;;;;;;;;;;;;;;;;;;;;;;;;;;;/h12-17H,1-11H3;63*1H. The van der Waals surface area contributed by atoms with Gasteiger partial charge in [0, 0.05) is 115 Å². The summed E-state index contributed by atoms with van der Waals surface area (Å²) in [5.41, 5.74) is 9.28. The van der Waals surface area contributed by atoms with E-state index in [1.165, 1.54) is 27.8 Å². The summed E-state index contributed by atoms with van der Waals surface area (Å²) in [6, 6.07) is 6.59. The summed E-state index contributed by atoms with van der Waals surface area (Å²) in [5, 5.41) is 0. The minimum absolute atomic E-state index is 0. The van der Waals surface area contributed by atoms with Gasteiger partial charge in [-0.25, -0.2) is 4.98 Å². The second-order valence-electron chi connectivity index (χ2n) is 10.4. The number of benzene rings is 1. The zero-order chi connectivity index (χ0) is 24.1. The molecule has 0 fully saturated rings. The summed E-state index contributed by atoms with van der Waals surface area (Å²) in [6.45, 7) is 21.2. The summed E-state index contributed by atoms with van der Waals surface area (Å²) in [7, 11) is 1.89. The molecule has 0 aliphatic carbocycles. The molecule has 0 saturated carbocycles. The number of carbonyl (C=O) groups is 1. The molecule has 0 radical (unpaired) electrons. The van der Waals surface area contributed by atoms with Gasteiger partial charge in [-0.15, -0.1) is 0 Å². The smallest absolute Gasteiger partial charge is 0.234 e. The lowest BCUT2D eigenvalue weighted by atomic mass is 9.83. The van der Waals surface area contributed by atoms with Crippen LogP contribution in [0.25, 0.3) is 16.9 Å². The van der Waals surface area contributed by atoms with E-state index in [0.717, 1.165) is 22.6 Å². The Labute approximate surface area is 287 Å². The van der Waals surface area contributed by atoms with Gasteiger partial charge in [0.2, 0.25) is 5.91 Å². The summed E-state index contributed by atoms with van der Waals surface area (Å²) in [5.74, 6) is 0.486. The van der Waals surface area contributed by atoms with Gasteiger partial charge in [0.25, 0.3) is 0 Å². The Balaban J connectivity index is -0.00000000311. The van der Waals surface area contributed by atoms with E-state index in [0.29, 0.717) is 5.92 Å². The highest BCUT2D eigenvalue weighted by atomic mass is 16.2. The van der Waals surface area contributed by atoms with Crippen LogP contribution in [0.3, 0.4) is 0 Å². The molecule has 3 aromatic rings. The van der Waals surface area contributed by atoms with E-state index in [-0.39, 0.29) is 102 Å². The third kappa shape index (κ3) is 3.85. The maximum Gasteiger partial charge on any atom is 0.234 e. The minimum Gasteiger partial charge on any atom is -0.343 e. The number of amides is 1. The third-order valence-corrected chi connectivity index (χ3v) is 6.99. The fourth-order valence-corrected chi connectivity index (χ4v) is 4.67. The SMILES string of the molecule is Cc1ccc(-c2nc3c(C)c(C)c(C(C)C)cn3c2C(C)(C)C(=O)N(C)C(C)C)c(C)c1.[HH].[HH].[HH].[HH].[HH].[HH].[HH].[HH].[HH].[HH].[HH].[HH].[HH].[HH].[HH].[HH].[HH].[HH].[HH].[HH].[HH].[HH].[HH].[HH].[HH].[HH].[HH].[HH].[HH].[HH].[HH].[HH].[HH].[HH].[HH].[HH].[HH].[HH].[HH].[HH].[HH].[HH].[HH].[HH].[HH].[HH].[HH].[HH].[HH].[HH].[HH].[HH].[HH].[HH].[HH].[HH].[HH].[HH].[HH].[HH].[HH].[HH].[HH]. The van der Waals surface area contributed by atoms with Crippen LogP contribution in [0.15, 0.2) is 24.4 Å². The van der Waals surface area contributed by atoms with Gasteiger partial charge in [0.15, 0.2) is 0 Å². The van der Waals surface area contributed by atoms with Gasteiger partial charge in [0.05, 0.1) is 16.8 Å². The number of fused-ring (bicyclic) bond motifs is 1. The van der Waals surface area contributed by atoms with Gasteiger partial charge in [-0.1, -0.05) is 37.6 Å². The first-order chi connectivity index (χ1) is 14.8. The van der Waals surface area contributed by atoms with Crippen molar-refractivity contribution in [2.75, 3.05) is 7.05 Å². The molecule has 2 aromatic heterocycles. The number of rotatable bonds is 5.